The number of rotatable bonds is 4. The predicted octanol–water partition coefficient (Wildman–Crippen LogP) is 4.65. The maximum absolute atomic E-state index is 5.93. The number of benzene rings is 1. The van der Waals surface area contributed by atoms with E-state index in [1.54, 1.807) is 0 Å². The number of aliphatic imine (C=N–C) groups is 1. The minimum atomic E-state index is -0.0264. The van der Waals surface area contributed by atoms with Crippen molar-refractivity contribution in [2.75, 3.05) is 26.7 Å². The van der Waals surface area contributed by atoms with Crippen LogP contribution in [0.2, 0.25) is 0 Å². The highest BCUT2D eigenvalue weighted by Crippen LogP contribution is 2.31. The van der Waals surface area contributed by atoms with Crippen molar-refractivity contribution in [1.29, 1.82) is 0 Å². The molecule has 3 heterocycles. The van der Waals surface area contributed by atoms with E-state index < -0.39 is 0 Å². The quantitative estimate of drug-likeness (QED) is 0.341. The molecule has 1 aromatic carbocycles. The summed E-state index contributed by atoms with van der Waals surface area (Å²) in [6.45, 7) is 11.3. The SMILES string of the molecule is CN=C(NCc1ncc(C(C)(C)C)o1)N1CCC2C(CCCN2Cc2ccccc2)C1.I. The van der Waals surface area contributed by atoms with Gasteiger partial charge in [0.25, 0.3) is 0 Å². The van der Waals surface area contributed by atoms with E-state index in [0.717, 1.165) is 31.4 Å². The van der Waals surface area contributed by atoms with Gasteiger partial charge in [0.05, 0.1) is 12.7 Å². The molecule has 0 spiro atoms. The van der Waals surface area contributed by atoms with Gasteiger partial charge >= 0.3 is 0 Å². The van der Waals surface area contributed by atoms with Gasteiger partial charge in [-0.15, -0.1) is 24.0 Å². The number of piperidine rings is 2. The first-order valence-corrected chi connectivity index (χ1v) is 11.6. The van der Waals surface area contributed by atoms with Gasteiger partial charge in [-0.05, 0) is 37.3 Å². The highest BCUT2D eigenvalue weighted by atomic mass is 127. The summed E-state index contributed by atoms with van der Waals surface area (Å²) in [5.41, 5.74) is 1.39. The third kappa shape index (κ3) is 6.04. The number of oxazole rings is 1. The second-order valence-corrected chi connectivity index (χ2v) is 9.93. The van der Waals surface area contributed by atoms with Gasteiger partial charge in [0.2, 0.25) is 5.89 Å². The molecule has 6 nitrogen and oxygen atoms in total. The molecule has 0 aliphatic carbocycles. The van der Waals surface area contributed by atoms with Crippen molar-refractivity contribution >= 4 is 29.9 Å². The molecule has 1 aromatic heterocycles. The second-order valence-electron chi connectivity index (χ2n) is 9.93. The second kappa shape index (κ2) is 11.0. The summed E-state index contributed by atoms with van der Waals surface area (Å²) in [4.78, 5) is 14.1. The Kier molecular flexibility index (Phi) is 8.61. The van der Waals surface area contributed by atoms with Gasteiger partial charge in [-0.25, -0.2) is 4.98 Å². The number of hydrogen-bond donors (Lipinski definition) is 1. The van der Waals surface area contributed by atoms with E-state index in [2.05, 4.69) is 76.2 Å². The summed E-state index contributed by atoms with van der Waals surface area (Å²) in [5.74, 6) is 3.28. The maximum atomic E-state index is 5.93. The number of nitrogens with one attached hydrogen (secondary N) is 1. The van der Waals surface area contributed by atoms with Crippen LogP contribution in [0.1, 0.15) is 57.2 Å². The maximum Gasteiger partial charge on any atom is 0.213 e. The molecule has 2 aliphatic heterocycles. The molecule has 2 atom stereocenters. The number of fused-ring (bicyclic) bond motifs is 1. The van der Waals surface area contributed by atoms with E-state index in [0.29, 0.717) is 24.4 Å². The molecule has 2 aromatic rings. The van der Waals surface area contributed by atoms with Crippen molar-refractivity contribution in [3.05, 3.63) is 53.7 Å². The van der Waals surface area contributed by atoms with Crippen LogP contribution in [-0.2, 0) is 18.5 Å². The Morgan fingerprint density at radius 3 is 2.66 bits per heavy atom. The Bertz CT molecular complexity index is 876. The fraction of sp³-hybridized carbons (Fsp3) is 0.600. The molecule has 7 heteroatoms. The summed E-state index contributed by atoms with van der Waals surface area (Å²) in [6, 6.07) is 11.6. The number of likely N-dealkylation sites (tertiary alicyclic amines) is 2. The van der Waals surface area contributed by atoms with Gasteiger partial charge in [0.15, 0.2) is 5.96 Å². The van der Waals surface area contributed by atoms with Gasteiger partial charge in [0.1, 0.15) is 5.76 Å². The summed E-state index contributed by atoms with van der Waals surface area (Å²) in [5, 5.41) is 3.47. The fourth-order valence-electron chi connectivity index (χ4n) is 4.94. The molecule has 0 bridgehead atoms. The molecule has 2 unspecified atom stereocenters. The number of halogens is 1. The van der Waals surface area contributed by atoms with Crippen LogP contribution in [0.4, 0.5) is 0 Å². The summed E-state index contributed by atoms with van der Waals surface area (Å²) in [6.07, 6.45) is 5.61. The molecule has 176 valence electrons. The Labute approximate surface area is 209 Å². The van der Waals surface area contributed by atoms with Crippen molar-refractivity contribution in [3.8, 4) is 0 Å². The highest BCUT2D eigenvalue weighted by molar-refractivity contribution is 14.0. The standard InChI is InChI=1S/C25H37N5O.HI/c1-25(2,3)22-15-27-23(31-22)16-28-24(26-4)30-14-12-21-20(18-30)11-8-13-29(21)17-19-9-6-5-7-10-19;/h5-7,9-10,15,20-21H,8,11-14,16-18H2,1-4H3,(H,26,28);1H. The highest BCUT2D eigenvalue weighted by Gasteiger charge is 2.36. The van der Waals surface area contributed by atoms with Crippen LogP contribution in [0, 0.1) is 5.92 Å². The van der Waals surface area contributed by atoms with Crippen molar-refractivity contribution in [1.82, 2.24) is 20.1 Å². The van der Waals surface area contributed by atoms with E-state index in [1.807, 2.05) is 13.2 Å². The summed E-state index contributed by atoms with van der Waals surface area (Å²) in [7, 11) is 1.87. The Balaban J connectivity index is 0.00000289. The Morgan fingerprint density at radius 1 is 1.19 bits per heavy atom. The van der Waals surface area contributed by atoms with Gasteiger partial charge < -0.3 is 14.6 Å². The van der Waals surface area contributed by atoms with Crippen molar-refractivity contribution in [2.45, 2.75) is 64.6 Å². The lowest BCUT2D eigenvalue weighted by Gasteiger charge is -2.48. The van der Waals surface area contributed by atoms with Crippen molar-refractivity contribution < 1.29 is 4.42 Å². The van der Waals surface area contributed by atoms with Crippen LogP contribution >= 0.6 is 24.0 Å². The van der Waals surface area contributed by atoms with Crippen molar-refractivity contribution in [2.24, 2.45) is 10.9 Å². The zero-order chi connectivity index (χ0) is 21.8. The lowest BCUT2D eigenvalue weighted by Crippen LogP contribution is -2.56. The van der Waals surface area contributed by atoms with Gasteiger partial charge in [-0.2, -0.15) is 0 Å². The molecule has 0 radical (unpaired) electrons. The van der Waals surface area contributed by atoms with E-state index in [-0.39, 0.29) is 29.4 Å². The zero-order valence-electron chi connectivity index (χ0n) is 19.9. The van der Waals surface area contributed by atoms with Crippen LogP contribution in [-0.4, -0.2) is 53.5 Å². The summed E-state index contributed by atoms with van der Waals surface area (Å²) >= 11 is 0. The average Bonchev–Trinajstić information content (AvgIpc) is 3.25. The Morgan fingerprint density at radius 2 is 1.97 bits per heavy atom. The fourth-order valence-corrected chi connectivity index (χ4v) is 4.94. The number of nitrogens with zero attached hydrogens (tertiary/aromatic N) is 4. The first-order chi connectivity index (χ1) is 14.9. The normalized spacial score (nSPS) is 22.2. The lowest BCUT2D eigenvalue weighted by atomic mass is 9.83. The smallest absolute Gasteiger partial charge is 0.213 e. The first-order valence-electron chi connectivity index (χ1n) is 11.6. The molecule has 1 N–H and O–H groups in total. The van der Waals surface area contributed by atoms with Crippen LogP contribution in [0.25, 0.3) is 0 Å². The molecule has 0 amide bonds. The third-order valence-electron chi connectivity index (χ3n) is 6.61. The molecule has 0 saturated carbocycles. The molecule has 4 rings (SSSR count). The first kappa shape index (κ1) is 25.0. The van der Waals surface area contributed by atoms with E-state index in [4.69, 9.17) is 4.42 Å². The zero-order valence-corrected chi connectivity index (χ0v) is 22.2. The minimum Gasteiger partial charge on any atom is -0.443 e. The average molecular weight is 552 g/mol. The van der Waals surface area contributed by atoms with E-state index in [9.17, 15) is 0 Å². The van der Waals surface area contributed by atoms with Gasteiger partial charge in [-0.3, -0.25) is 9.89 Å². The van der Waals surface area contributed by atoms with E-state index >= 15 is 0 Å². The number of aromatic nitrogens is 1. The topological polar surface area (TPSA) is 56.9 Å². The molecule has 2 aliphatic rings. The van der Waals surface area contributed by atoms with Gasteiger partial charge in [-0.1, -0.05) is 51.1 Å². The largest absolute Gasteiger partial charge is 0.443 e. The van der Waals surface area contributed by atoms with E-state index in [1.165, 1.54) is 31.4 Å². The monoisotopic (exact) mass is 551 g/mol. The van der Waals surface area contributed by atoms with Crippen LogP contribution in [0.3, 0.4) is 0 Å². The number of guanidine groups is 1. The third-order valence-corrected chi connectivity index (χ3v) is 6.61. The van der Waals surface area contributed by atoms with Gasteiger partial charge in [0, 0.05) is 38.1 Å². The molecule has 2 saturated heterocycles. The predicted molar refractivity (Wildman–Crippen MR) is 140 cm³/mol. The minimum absolute atomic E-state index is 0. The molecular weight excluding hydrogens is 513 g/mol. The van der Waals surface area contributed by atoms with Crippen LogP contribution < -0.4 is 5.32 Å². The molecular formula is C25H38IN5O. The number of hydrogen-bond acceptors (Lipinski definition) is 4. The molecule has 2 fully saturated rings. The Hall–Kier alpha value is -1.61. The lowest BCUT2D eigenvalue weighted by molar-refractivity contribution is 0.0372. The summed E-state index contributed by atoms with van der Waals surface area (Å²) < 4.78 is 5.93. The van der Waals surface area contributed by atoms with Crippen LogP contribution in [0.5, 0.6) is 0 Å². The van der Waals surface area contributed by atoms with Crippen LogP contribution in [0.15, 0.2) is 45.9 Å². The van der Waals surface area contributed by atoms with Crippen molar-refractivity contribution in [3.63, 3.8) is 0 Å². The molecule has 32 heavy (non-hydrogen) atoms.